The summed E-state index contributed by atoms with van der Waals surface area (Å²) >= 11 is 0. The maximum absolute atomic E-state index is 12.0. The molecule has 1 atom stereocenters. The Morgan fingerprint density at radius 3 is 3.00 bits per heavy atom. The van der Waals surface area contributed by atoms with Crippen molar-refractivity contribution in [1.29, 1.82) is 0 Å². The van der Waals surface area contributed by atoms with E-state index in [9.17, 15) is 14.4 Å². The van der Waals surface area contributed by atoms with Crippen molar-refractivity contribution in [3.8, 4) is 5.75 Å². The molecule has 1 aromatic carbocycles. The molecule has 24 heavy (non-hydrogen) atoms. The molecular weight excluding hydrogens is 310 g/mol. The molecule has 2 N–H and O–H groups in total. The molecule has 0 saturated heterocycles. The van der Waals surface area contributed by atoms with E-state index in [0.29, 0.717) is 18.7 Å². The van der Waals surface area contributed by atoms with Gasteiger partial charge in [0.25, 0.3) is 5.56 Å². The van der Waals surface area contributed by atoms with Gasteiger partial charge in [-0.05, 0) is 25.0 Å². The zero-order valence-electron chi connectivity index (χ0n) is 13.4. The lowest BCUT2D eigenvalue weighted by Gasteiger charge is -2.25. The number of aryl methyl sites for hydroxylation is 1. The fraction of sp³-hybridized carbons (Fsp3) is 0.353. The second-order valence-electron chi connectivity index (χ2n) is 5.99. The van der Waals surface area contributed by atoms with Crippen molar-refractivity contribution >= 4 is 5.91 Å². The van der Waals surface area contributed by atoms with Gasteiger partial charge in [0.1, 0.15) is 12.3 Å². The monoisotopic (exact) mass is 329 g/mol. The summed E-state index contributed by atoms with van der Waals surface area (Å²) in [6.45, 7) is 2.49. The number of ether oxygens (including phenoxy) is 1. The first-order valence-corrected chi connectivity index (χ1v) is 7.80. The van der Waals surface area contributed by atoms with E-state index in [-0.39, 0.29) is 18.4 Å². The van der Waals surface area contributed by atoms with Crippen molar-refractivity contribution in [3.05, 3.63) is 62.4 Å². The number of para-hydroxylation sites is 1. The number of carbonyl (C=O) groups excluding carboxylic acids is 1. The standard InChI is InChI=1S/C17H19N3O4/c1-11-8-20(17(23)19-16(11)22)9-15(21)18-7-12-6-13-4-2-3-5-14(13)24-10-12/h2-5,8,12H,6-7,9-10H2,1H3,(H,18,21)(H,19,22,23). The zero-order valence-corrected chi connectivity index (χ0v) is 13.4. The molecule has 1 unspecified atom stereocenters. The molecule has 0 spiro atoms. The minimum atomic E-state index is -0.587. The van der Waals surface area contributed by atoms with Gasteiger partial charge in [0.2, 0.25) is 5.91 Å². The summed E-state index contributed by atoms with van der Waals surface area (Å²) in [5.41, 5.74) is 0.500. The van der Waals surface area contributed by atoms with Gasteiger partial charge in [0, 0.05) is 24.2 Å². The Morgan fingerprint density at radius 2 is 2.17 bits per heavy atom. The van der Waals surface area contributed by atoms with Gasteiger partial charge in [-0.2, -0.15) is 0 Å². The Kier molecular flexibility index (Phi) is 4.50. The molecule has 0 fully saturated rings. The second-order valence-corrected chi connectivity index (χ2v) is 5.99. The van der Waals surface area contributed by atoms with Crippen LogP contribution in [0.2, 0.25) is 0 Å². The molecule has 2 aromatic rings. The predicted molar refractivity (Wildman–Crippen MR) is 88.2 cm³/mol. The topological polar surface area (TPSA) is 93.2 Å². The van der Waals surface area contributed by atoms with Crippen molar-refractivity contribution < 1.29 is 9.53 Å². The number of benzene rings is 1. The van der Waals surface area contributed by atoms with Crippen LogP contribution in [-0.4, -0.2) is 28.6 Å². The lowest BCUT2D eigenvalue weighted by molar-refractivity contribution is -0.122. The molecule has 7 heteroatoms. The smallest absolute Gasteiger partial charge is 0.328 e. The van der Waals surface area contributed by atoms with Gasteiger partial charge < -0.3 is 10.1 Å². The van der Waals surface area contributed by atoms with Crippen LogP contribution in [-0.2, 0) is 17.8 Å². The van der Waals surface area contributed by atoms with E-state index >= 15 is 0 Å². The van der Waals surface area contributed by atoms with E-state index in [1.807, 2.05) is 24.3 Å². The van der Waals surface area contributed by atoms with E-state index in [1.165, 1.54) is 10.8 Å². The predicted octanol–water partition coefficient (Wildman–Crippen LogP) is 0.213. The summed E-state index contributed by atoms with van der Waals surface area (Å²) in [5.74, 6) is 0.815. The van der Waals surface area contributed by atoms with Crippen molar-refractivity contribution in [2.45, 2.75) is 19.9 Å². The van der Waals surface area contributed by atoms with Crippen LogP contribution in [0, 0.1) is 12.8 Å². The van der Waals surface area contributed by atoms with E-state index in [0.717, 1.165) is 17.7 Å². The Balaban J connectivity index is 1.56. The molecule has 1 aliphatic heterocycles. The fourth-order valence-electron chi connectivity index (χ4n) is 2.73. The number of hydrogen-bond acceptors (Lipinski definition) is 4. The molecule has 0 radical (unpaired) electrons. The average molecular weight is 329 g/mol. The van der Waals surface area contributed by atoms with Crippen molar-refractivity contribution in [2.24, 2.45) is 5.92 Å². The lowest BCUT2D eigenvalue weighted by atomic mass is 9.97. The number of aromatic amines is 1. The Morgan fingerprint density at radius 1 is 1.38 bits per heavy atom. The molecule has 1 amide bonds. The van der Waals surface area contributed by atoms with Gasteiger partial charge in [-0.15, -0.1) is 0 Å². The van der Waals surface area contributed by atoms with Crippen LogP contribution >= 0.6 is 0 Å². The number of amides is 1. The Hall–Kier alpha value is -2.83. The number of carbonyl (C=O) groups is 1. The third-order valence-electron chi connectivity index (χ3n) is 4.05. The number of fused-ring (bicyclic) bond motifs is 1. The quantitative estimate of drug-likeness (QED) is 0.839. The maximum atomic E-state index is 12.0. The zero-order chi connectivity index (χ0) is 17.1. The van der Waals surface area contributed by atoms with Crippen LogP contribution in [0.15, 0.2) is 40.1 Å². The number of nitrogens with zero attached hydrogens (tertiary/aromatic N) is 1. The number of hydrogen-bond donors (Lipinski definition) is 2. The van der Waals surface area contributed by atoms with Crippen LogP contribution < -0.4 is 21.3 Å². The van der Waals surface area contributed by atoms with Crippen LogP contribution in [0.3, 0.4) is 0 Å². The van der Waals surface area contributed by atoms with Gasteiger partial charge in [-0.25, -0.2) is 4.79 Å². The summed E-state index contributed by atoms with van der Waals surface area (Å²) in [7, 11) is 0. The highest BCUT2D eigenvalue weighted by Crippen LogP contribution is 2.26. The summed E-state index contributed by atoms with van der Waals surface area (Å²) < 4.78 is 6.88. The summed E-state index contributed by atoms with van der Waals surface area (Å²) in [6.07, 6.45) is 2.23. The molecule has 126 valence electrons. The van der Waals surface area contributed by atoms with E-state index in [2.05, 4.69) is 10.3 Å². The molecule has 0 aliphatic carbocycles. The highest BCUT2D eigenvalue weighted by atomic mass is 16.5. The van der Waals surface area contributed by atoms with Gasteiger partial charge in [0.05, 0.1) is 6.61 Å². The SMILES string of the molecule is Cc1cn(CC(=O)NCC2COc3ccccc3C2)c(=O)[nH]c1=O. The van der Waals surface area contributed by atoms with Crippen LogP contribution in [0.5, 0.6) is 5.75 Å². The van der Waals surface area contributed by atoms with E-state index < -0.39 is 11.2 Å². The molecule has 0 saturated carbocycles. The normalized spacial score (nSPS) is 16.1. The highest BCUT2D eigenvalue weighted by Gasteiger charge is 2.20. The Labute approximate surface area is 138 Å². The maximum Gasteiger partial charge on any atom is 0.328 e. The molecule has 0 bridgehead atoms. The second kappa shape index (κ2) is 6.74. The van der Waals surface area contributed by atoms with Crippen molar-refractivity contribution in [3.63, 3.8) is 0 Å². The average Bonchev–Trinajstić information content (AvgIpc) is 2.57. The number of aromatic nitrogens is 2. The molecule has 1 aromatic heterocycles. The third kappa shape index (κ3) is 3.56. The molecular formula is C17H19N3O4. The van der Waals surface area contributed by atoms with Gasteiger partial charge in [-0.1, -0.05) is 18.2 Å². The van der Waals surface area contributed by atoms with Crippen molar-refractivity contribution in [2.75, 3.05) is 13.2 Å². The largest absolute Gasteiger partial charge is 0.493 e. The number of rotatable bonds is 4. The van der Waals surface area contributed by atoms with E-state index in [4.69, 9.17) is 4.74 Å². The van der Waals surface area contributed by atoms with Crippen molar-refractivity contribution in [1.82, 2.24) is 14.9 Å². The molecule has 3 rings (SSSR count). The van der Waals surface area contributed by atoms with Crippen LogP contribution in [0.25, 0.3) is 0 Å². The van der Waals surface area contributed by atoms with E-state index in [1.54, 1.807) is 6.92 Å². The van der Waals surface area contributed by atoms with Crippen LogP contribution in [0.4, 0.5) is 0 Å². The highest BCUT2D eigenvalue weighted by molar-refractivity contribution is 5.75. The Bertz CT molecular complexity index is 869. The number of nitrogens with one attached hydrogen (secondary N) is 2. The van der Waals surface area contributed by atoms with Crippen LogP contribution in [0.1, 0.15) is 11.1 Å². The minimum Gasteiger partial charge on any atom is -0.493 e. The first-order chi connectivity index (χ1) is 11.5. The molecule has 1 aliphatic rings. The fourth-order valence-corrected chi connectivity index (χ4v) is 2.73. The summed E-state index contributed by atoms with van der Waals surface area (Å²) in [5, 5.41) is 2.82. The first kappa shape index (κ1) is 16.0. The van der Waals surface area contributed by atoms with Gasteiger partial charge in [-0.3, -0.25) is 19.1 Å². The molecule has 7 nitrogen and oxygen atoms in total. The summed E-state index contributed by atoms with van der Waals surface area (Å²) in [6, 6.07) is 7.86. The van der Waals surface area contributed by atoms with Gasteiger partial charge in [0.15, 0.2) is 0 Å². The molecule has 2 heterocycles. The van der Waals surface area contributed by atoms with Gasteiger partial charge >= 0.3 is 5.69 Å². The first-order valence-electron chi connectivity index (χ1n) is 7.80. The number of H-pyrrole nitrogens is 1. The third-order valence-corrected chi connectivity index (χ3v) is 4.05. The minimum absolute atomic E-state index is 0.124. The summed E-state index contributed by atoms with van der Waals surface area (Å²) in [4.78, 5) is 37.2. The lowest BCUT2D eigenvalue weighted by Crippen LogP contribution is -2.39.